The van der Waals surface area contributed by atoms with E-state index in [1.807, 2.05) is 43.0 Å². The summed E-state index contributed by atoms with van der Waals surface area (Å²) in [7, 11) is 0. The van der Waals surface area contributed by atoms with Gasteiger partial charge in [-0.05, 0) is 37.5 Å². The highest BCUT2D eigenvalue weighted by atomic mass is 35.5. The van der Waals surface area contributed by atoms with Crippen LogP contribution >= 0.6 is 24.2 Å². The Morgan fingerprint density at radius 2 is 2.00 bits per heavy atom. The van der Waals surface area contributed by atoms with E-state index >= 15 is 0 Å². The molecule has 0 aromatic heterocycles. The van der Waals surface area contributed by atoms with Crippen LogP contribution in [0.3, 0.4) is 0 Å². The van der Waals surface area contributed by atoms with Crippen LogP contribution in [0.2, 0.25) is 0 Å². The third-order valence-electron chi connectivity index (χ3n) is 4.43. The summed E-state index contributed by atoms with van der Waals surface area (Å²) in [6, 6.07) is 7.96. The maximum absolute atomic E-state index is 12.2. The average molecular weight is 384 g/mol. The normalized spacial score (nSPS) is 20.9. The summed E-state index contributed by atoms with van der Waals surface area (Å²) in [5.41, 5.74) is 1.86. The quantitative estimate of drug-likeness (QED) is 0.706. The maximum Gasteiger partial charge on any atom is 0.227 e. The van der Waals surface area contributed by atoms with Crippen molar-refractivity contribution in [1.29, 1.82) is 0 Å². The molecule has 2 unspecified atom stereocenters. The molecule has 2 fully saturated rings. The molecule has 1 heterocycles. The van der Waals surface area contributed by atoms with E-state index in [4.69, 9.17) is 0 Å². The maximum atomic E-state index is 12.2. The fourth-order valence-electron chi connectivity index (χ4n) is 2.80. The highest BCUT2D eigenvalue weighted by molar-refractivity contribution is 7.99. The number of benzene rings is 1. The second-order valence-electron chi connectivity index (χ2n) is 6.60. The van der Waals surface area contributed by atoms with Crippen LogP contribution < -0.4 is 16.0 Å². The Bertz CT molecular complexity index is 586. The van der Waals surface area contributed by atoms with Gasteiger partial charge >= 0.3 is 0 Å². The third-order valence-corrected chi connectivity index (χ3v) is 5.56. The Morgan fingerprint density at radius 3 is 2.60 bits per heavy atom. The number of hydrogen-bond donors (Lipinski definition) is 3. The minimum Gasteiger partial charge on any atom is -0.350 e. The molecule has 138 valence electrons. The van der Waals surface area contributed by atoms with E-state index in [1.165, 1.54) is 0 Å². The van der Waals surface area contributed by atoms with Crippen molar-refractivity contribution in [2.75, 3.05) is 23.4 Å². The lowest BCUT2D eigenvalue weighted by Crippen LogP contribution is -2.41. The third kappa shape index (κ3) is 6.20. The summed E-state index contributed by atoms with van der Waals surface area (Å²) in [6.07, 6.45) is 2.52. The molecule has 1 aliphatic heterocycles. The van der Waals surface area contributed by atoms with Gasteiger partial charge in [0.2, 0.25) is 11.8 Å². The van der Waals surface area contributed by atoms with Gasteiger partial charge in [-0.15, -0.1) is 12.4 Å². The number of amides is 2. The van der Waals surface area contributed by atoms with E-state index in [0.29, 0.717) is 6.42 Å². The monoisotopic (exact) mass is 383 g/mol. The largest absolute Gasteiger partial charge is 0.350 e. The highest BCUT2D eigenvalue weighted by Gasteiger charge is 2.29. The summed E-state index contributed by atoms with van der Waals surface area (Å²) in [5, 5.41) is 9.37. The molecular weight excluding hydrogens is 358 g/mol. The van der Waals surface area contributed by atoms with E-state index in [2.05, 4.69) is 16.0 Å². The van der Waals surface area contributed by atoms with Gasteiger partial charge in [-0.2, -0.15) is 11.8 Å². The Kier molecular flexibility index (Phi) is 7.59. The predicted octanol–water partition coefficient (Wildman–Crippen LogP) is 2.73. The van der Waals surface area contributed by atoms with Crippen LogP contribution in [0.15, 0.2) is 24.3 Å². The van der Waals surface area contributed by atoms with Crippen LogP contribution in [0, 0.1) is 5.92 Å². The predicted molar refractivity (Wildman–Crippen MR) is 105 cm³/mol. The van der Waals surface area contributed by atoms with E-state index in [9.17, 15) is 9.59 Å². The van der Waals surface area contributed by atoms with Gasteiger partial charge in [-0.25, -0.2) is 0 Å². The van der Waals surface area contributed by atoms with Crippen molar-refractivity contribution in [1.82, 2.24) is 10.6 Å². The van der Waals surface area contributed by atoms with Crippen molar-refractivity contribution in [2.45, 2.75) is 38.3 Å². The number of nitrogens with one attached hydrogen (secondary N) is 3. The van der Waals surface area contributed by atoms with Crippen LogP contribution in [0.1, 0.15) is 37.8 Å². The van der Waals surface area contributed by atoms with Gasteiger partial charge in [0.25, 0.3) is 0 Å². The number of thioether (sulfide) groups is 1. The highest BCUT2D eigenvalue weighted by Crippen LogP contribution is 2.30. The number of rotatable bonds is 6. The smallest absolute Gasteiger partial charge is 0.227 e. The van der Waals surface area contributed by atoms with Crippen molar-refractivity contribution >= 4 is 41.7 Å². The minimum absolute atomic E-state index is 0. The Hall–Kier alpha value is -1.24. The summed E-state index contributed by atoms with van der Waals surface area (Å²) in [6.45, 7) is 2.96. The molecule has 2 aliphatic rings. The first-order chi connectivity index (χ1) is 11.6. The van der Waals surface area contributed by atoms with Crippen LogP contribution in [0.4, 0.5) is 5.69 Å². The van der Waals surface area contributed by atoms with Gasteiger partial charge < -0.3 is 16.0 Å². The van der Waals surface area contributed by atoms with Crippen molar-refractivity contribution < 1.29 is 9.59 Å². The van der Waals surface area contributed by atoms with Gasteiger partial charge in [0.15, 0.2) is 0 Å². The van der Waals surface area contributed by atoms with E-state index < -0.39 is 0 Å². The molecule has 7 heteroatoms. The Labute approximate surface area is 159 Å². The molecule has 1 saturated heterocycles. The molecule has 0 spiro atoms. The second kappa shape index (κ2) is 9.46. The summed E-state index contributed by atoms with van der Waals surface area (Å²) >= 11 is 1.90. The van der Waals surface area contributed by atoms with Crippen LogP contribution in [-0.4, -0.2) is 35.9 Å². The zero-order chi connectivity index (χ0) is 16.9. The first-order valence-electron chi connectivity index (χ1n) is 8.63. The number of carbonyl (C=O) groups excluding carboxylic acids is 2. The van der Waals surface area contributed by atoms with Crippen molar-refractivity contribution in [3.05, 3.63) is 29.8 Å². The molecule has 0 bridgehead atoms. The standard InChI is InChI=1S/C18H25N3O2S.ClH/c1-12(20-17(22)10-16-11-24-9-8-19-16)13-4-6-15(7-5-13)21-18(23)14-2-3-14;/h4-7,12,14,16,19H,2-3,8-11H2,1H3,(H,20,22)(H,21,23);1H. The fraction of sp³-hybridized carbons (Fsp3) is 0.556. The van der Waals surface area contributed by atoms with Gasteiger partial charge in [0.1, 0.15) is 0 Å². The first kappa shape index (κ1) is 20.1. The number of halogens is 1. The molecule has 3 N–H and O–H groups in total. The van der Waals surface area contributed by atoms with Gasteiger partial charge in [0.05, 0.1) is 6.04 Å². The fourth-order valence-corrected chi connectivity index (χ4v) is 3.75. The SMILES string of the molecule is CC(NC(=O)CC1CSCCN1)c1ccc(NC(=O)C2CC2)cc1.Cl. The van der Waals surface area contributed by atoms with Gasteiger partial charge in [0, 0.05) is 42.1 Å². The summed E-state index contributed by atoms with van der Waals surface area (Å²) in [4.78, 5) is 23.9. The second-order valence-corrected chi connectivity index (χ2v) is 7.75. The molecule has 0 radical (unpaired) electrons. The minimum atomic E-state index is -0.0399. The molecule has 1 aliphatic carbocycles. The molecule has 1 saturated carbocycles. The van der Waals surface area contributed by atoms with Crippen LogP contribution in [-0.2, 0) is 9.59 Å². The van der Waals surface area contributed by atoms with Crippen molar-refractivity contribution in [2.24, 2.45) is 5.92 Å². The van der Waals surface area contributed by atoms with Crippen molar-refractivity contribution in [3.63, 3.8) is 0 Å². The Balaban J connectivity index is 0.00000225. The first-order valence-corrected chi connectivity index (χ1v) is 9.78. The van der Waals surface area contributed by atoms with E-state index in [-0.39, 0.29) is 42.2 Å². The molecule has 3 rings (SSSR count). The molecule has 1 aromatic rings. The van der Waals surface area contributed by atoms with Crippen LogP contribution in [0.25, 0.3) is 0 Å². The molecule has 5 nitrogen and oxygen atoms in total. The number of hydrogen-bond acceptors (Lipinski definition) is 4. The summed E-state index contributed by atoms with van der Waals surface area (Å²) in [5.74, 6) is 2.51. The molecule has 2 amide bonds. The van der Waals surface area contributed by atoms with Crippen molar-refractivity contribution in [3.8, 4) is 0 Å². The number of anilines is 1. The zero-order valence-electron chi connectivity index (χ0n) is 14.4. The molecular formula is C18H26ClN3O2S. The zero-order valence-corrected chi connectivity index (χ0v) is 16.1. The molecule has 1 aromatic carbocycles. The Morgan fingerprint density at radius 1 is 1.28 bits per heavy atom. The van der Waals surface area contributed by atoms with Gasteiger partial charge in [-0.3, -0.25) is 9.59 Å². The molecule has 25 heavy (non-hydrogen) atoms. The van der Waals surface area contributed by atoms with Gasteiger partial charge in [-0.1, -0.05) is 12.1 Å². The lowest BCUT2D eigenvalue weighted by molar-refractivity contribution is -0.122. The van der Waals surface area contributed by atoms with Crippen LogP contribution in [0.5, 0.6) is 0 Å². The van der Waals surface area contributed by atoms with E-state index in [0.717, 1.165) is 42.1 Å². The summed E-state index contributed by atoms with van der Waals surface area (Å²) < 4.78 is 0. The molecule has 2 atom stereocenters. The lowest BCUT2D eigenvalue weighted by Gasteiger charge is -2.23. The lowest BCUT2D eigenvalue weighted by atomic mass is 10.1. The number of carbonyl (C=O) groups is 2. The van der Waals surface area contributed by atoms with E-state index in [1.54, 1.807) is 0 Å². The topological polar surface area (TPSA) is 70.2 Å². The average Bonchev–Trinajstić information content (AvgIpc) is 3.41.